The molecule has 0 radical (unpaired) electrons. The minimum atomic E-state index is -1.05. The van der Waals surface area contributed by atoms with Gasteiger partial charge in [-0.05, 0) is 18.2 Å². The Morgan fingerprint density at radius 3 is 2.34 bits per heavy atom. The van der Waals surface area contributed by atoms with E-state index in [4.69, 9.17) is 24.7 Å². The van der Waals surface area contributed by atoms with E-state index in [1.807, 2.05) is 0 Å². The second-order valence-corrected chi connectivity index (χ2v) is 8.32. The van der Waals surface area contributed by atoms with E-state index in [0.29, 0.717) is 4.47 Å². The van der Waals surface area contributed by atoms with Gasteiger partial charge in [-0.2, -0.15) is 0 Å². The SMILES string of the molecule is CC(=O)OCC1OC(Sc2cc(Br)ccc2F)C(OC(C)=O)C(N)C1OC(C)=O. The van der Waals surface area contributed by atoms with Crippen molar-refractivity contribution < 1.29 is 37.7 Å². The van der Waals surface area contributed by atoms with Crippen LogP contribution in [0.15, 0.2) is 27.6 Å². The second kappa shape index (κ2) is 10.4. The Bertz CT molecular complexity index is 779. The topological polar surface area (TPSA) is 114 Å². The molecule has 0 spiro atoms. The van der Waals surface area contributed by atoms with Gasteiger partial charge in [-0.3, -0.25) is 14.4 Å². The summed E-state index contributed by atoms with van der Waals surface area (Å²) in [5.74, 6) is -2.33. The van der Waals surface area contributed by atoms with Crippen LogP contribution in [0.3, 0.4) is 0 Å². The Hall–Kier alpha value is -1.69. The predicted octanol–water partition coefficient (Wildman–Crippen LogP) is 2.16. The van der Waals surface area contributed by atoms with Gasteiger partial charge < -0.3 is 24.7 Å². The zero-order chi connectivity index (χ0) is 21.7. The van der Waals surface area contributed by atoms with Crippen LogP contribution >= 0.6 is 27.7 Å². The first kappa shape index (κ1) is 23.6. The van der Waals surface area contributed by atoms with Crippen molar-refractivity contribution >= 4 is 45.6 Å². The number of hydrogen-bond donors (Lipinski definition) is 1. The molecule has 2 N–H and O–H groups in total. The Labute approximate surface area is 179 Å². The molecule has 0 amide bonds. The molecule has 1 aliphatic heterocycles. The average molecular weight is 494 g/mol. The fourth-order valence-electron chi connectivity index (χ4n) is 2.74. The number of esters is 3. The largest absolute Gasteiger partial charge is 0.463 e. The van der Waals surface area contributed by atoms with Crippen molar-refractivity contribution in [3.8, 4) is 0 Å². The molecule has 29 heavy (non-hydrogen) atoms. The van der Waals surface area contributed by atoms with Crippen molar-refractivity contribution in [2.75, 3.05) is 6.61 Å². The predicted molar refractivity (Wildman–Crippen MR) is 104 cm³/mol. The van der Waals surface area contributed by atoms with Gasteiger partial charge in [0.25, 0.3) is 0 Å². The minimum absolute atomic E-state index is 0.228. The lowest BCUT2D eigenvalue weighted by atomic mass is 9.97. The zero-order valence-electron chi connectivity index (χ0n) is 15.9. The number of ether oxygens (including phenoxy) is 4. The van der Waals surface area contributed by atoms with Crippen LogP contribution in [0.1, 0.15) is 20.8 Å². The minimum Gasteiger partial charge on any atom is -0.463 e. The fraction of sp³-hybridized carbons (Fsp3) is 0.500. The van der Waals surface area contributed by atoms with Crippen LogP contribution < -0.4 is 5.73 Å². The van der Waals surface area contributed by atoms with E-state index < -0.39 is 53.5 Å². The smallest absolute Gasteiger partial charge is 0.303 e. The van der Waals surface area contributed by atoms with E-state index in [1.54, 1.807) is 6.07 Å². The van der Waals surface area contributed by atoms with Gasteiger partial charge in [-0.1, -0.05) is 27.7 Å². The van der Waals surface area contributed by atoms with E-state index in [2.05, 4.69) is 15.9 Å². The third kappa shape index (κ3) is 6.66. The van der Waals surface area contributed by atoms with E-state index in [0.717, 1.165) is 11.8 Å². The summed E-state index contributed by atoms with van der Waals surface area (Å²) >= 11 is 4.22. The molecule has 160 valence electrons. The van der Waals surface area contributed by atoms with Gasteiger partial charge >= 0.3 is 17.9 Å². The Morgan fingerprint density at radius 1 is 1.14 bits per heavy atom. The Kier molecular flexibility index (Phi) is 8.44. The molecule has 1 aliphatic rings. The number of benzene rings is 1. The number of halogens is 2. The molecule has 0 bridgehead atoms. The van der Waals surface area contributed by atoms with Crippen LogP contribution in [-0.2, 0) is 33.3 Å². The van der Waals surface area contributed by atoms with Gasteiger partial charge in [0.05, 0.1) is 6.04 Å². The molecule has 1 saturated heterocycles. The number of rotatable bonds is 6. The summed E-state index contributed by atoms with van der Waals surface area (Å²) in [6.45, 7) is 3.36. The van der Waals surface area contributed by atoms with Crippen molar-refractivity contribution in [1.29, 1.82) is 0 Å². The number of thioether (sulfide) groups is 1. The molecule has 5 atom stereocenters. The summed E-state index contributed by atoms with van der Waals surface area (Å²) in [6, 6.07) is 3.36. The lowest BCUT2D eigenvalue weighted by molar-refractivity contribution is -0.201. The highest BCUT2D eigenvalue weighted by atomic mass is 79.9. The maximum Gasteiger partial charge on any atom is 0.303 e. The van der Waals surface area contributed by atoms with Crippen LogP contribution in [0.4, 0.5) is 4.39 Å². The summed E-state index contributed by atoms with van der Waals surface area (Å²) in [5, 5.41) is 0. The van der Waals surface area contributed by atoms with Crippen molar-refractivity contribution in [3.63, 3.8) is 0 Å². The summed E-state index contributed by atoms with van der Waals surface area (Å²) in [4.78, 5) is 34.6. The first-order valence-corrected chi connectivity index (χ1v) is 10.3. The van der Waals surface area contributed by atoms with Crippen molar-refractivity contribution in [2.24, 2.45) is 5.73 Å². The standard InChI is InChI=1S/C18H21BrFNO7S/c1-8(22)25-7-13-16(26-9(2)23)15(21)17(27-10(3)24)18(28-13)29-14-6-11(19)4-5-12(14)20/h4-6,13,15-18H,7,21H2,1-3H3. The third-order valence-corrected chi connectivity index (χ3v) is 5.57. The molecule has 1 heterocycles. The van der Waals surface area contributed by atoms with Gasteiger partial charge in [-0.25, -0.2) is 4.39 Å². The Balaban J connectivity index is 2.34. The molecular weight excluding hydrogens is 473 g/mol. The zero-order valence-corrected chi connectivity index (χ0v) is 18.3. The molecule has 5 unspecified atom stereocenters. The molecule has 0 saturated carbocycles. The second-order valence-electron chi connectivity index (χ2n) is 6.26. The number of hydrogen-bond acceptors (Lipinski definition) is 9. The van der Waals surface area contributed by atoms with Crippen molar-refractivity contribution in [2.45, 2.75) is 55.5 Å². The highest BCUT2D eigenvalue weighted by Crippen LogP contribution is 2.37. The van der Waals surface area contributed by atoms with Gasteiger partial charge in [0.2, 0.25) is 0 Å². The summed E-state index contributed by atoms with van der Waals surface area (Å²) in [6.07, 6.45) is -3.02. The average Bonchev–Trinajstić information content (AvgIpc) is 2.61. The van der Waals surface area contributed by atoms with Crippen LogP contribution in [0.25, 0.3) is 0 Å². The van der Waals surface area contributed by atoms with Crippen molar-refractivity contribution in [1.82, 2.24) is 0 Å². The molecule has 11 heteroatoms. The van der Waals surface area contributed by atoms with Crippen molar-refractivity contribution in [3.05, 3.63) is 28.5 Å². The number of nitrogens with two attached hydrogens (primary N) is 1. The van der Waals surface area contributed by atoms with E-state index in [1.165, 1.54) is 32.9 Å². The van der Waals surface area contributed by atoms with Gasteiger partial charge in [0, 0.05) is 30.1 Å². The lowest BCUT2D eigenvalue weighted by Crippen LogP contribution is -2.63. The van der Waals surface area contributed by atoms with Crippen LogP contribution in [0.2, 0.25) is 0 Å². The molecule has 1 aromatic rings. The molecular formula is C18H21BrFNO7S. The normalized spacial score (nSPS) is 26.5. The monoisotopic (exact) mass is 493 g/mol. The summed E-state index contributed by atoms with van der Waals surface area (Å²) < 4.78 is 36.3. The van der Waals surface area contributed by atoms with E-state index in [-0.39, 0.29) is 11.5 Å². The molecule has 2 rings (SSSR count). The summed E-state index contributed by atoms with van der Waals surface area (Å²) in [7, 11) is 0. The van der Waals surface area contributed by atoms with Gasteiger partial charge in [0.1, 0.15) is 30.1 Å². The number of carbonyl (C=O) groups is 3. The van der Waals surface area contributed by atoms with Gasteiger partial charge in [-0.15, -0.1) is 0 Å². The maximum atomic E-state index is 14.2. The molecule has 1 fully saturated rings. The first-order valence-electron chi connectivity index (χ1n) is 8.59. The fourth-order valence-corrected chi connectivity index (χ4v) is 4.44. The lowest BCUT2D eigenvalue weighted by Gasteiger charge is -2.43. The maximum absolute atomic E-state index is 14.2. The van der Waals surface area contributed by atoms with Crippen LogP contribution in [-0.4, -0.2) is 54.3 Å². The van der Waals surface area contributed by atoms with Crippen LogP contribution in [0, 0.1) is 5.82 Å². The highest BCUT2D eigenvalue weighted by molar-refractivity contribution is 9.10. The highest BCUT2D eigenvalue weighted by Gasteiger charge is 2.48. The van der Waals surface area contributed by atoms with E-state index >= 15 is 0 Å². The molecule has 1 aromatic carbocycles. The van der Waals surface area contributed by atoms with Crippen LogP contribution in [0.5, 0.6) is 0 Å². The number of carbonyl (C=O) groups excluding carboxylic acids is 3. The third-order valence-electron chi connectivity index (χ3n) is 3.89. The van der Waals surface area contributed by atoms with Gasteiger partial charge in [0.15, 0.2) is 6.10 Å². The summed E-state index contributed by atoms with van der Waals surface area (Å²) in [5.41, 5.74) is 5.30. The molecule has 0 aromatic heterocycles. The quantitative estimate of drug-likeness (QED) is 0.470. The molecule has 8 nitrogen and oxygen atoms in total. The molecule has 0 aliphatic carbocycles. The Morgan fingerprint density at radius 2 is 1.76 bits per heavy atom. The van der Waals surface area contributed by atoms with E-state index in [9.17, 15) is 18.8 Å². The first-order chi connectivity index (χ1) is 13.6.